The van der Waals surface area contributed by atoms with Crippen molar-refractivity contribution < 1.29 is 14.3 Å². The standard InChI is InChI=1S/C13H18N2O3/c1-13(6-3-7-18-13)12(16)15-11-8-9(17-2)4-5-10(11)14/h4-5,8H,3,6-7,14H2,1-2H3,(H,15,16). The summed E-state index contributed by atoms with van der Waals surface area (Å²) in [5.41, 5.74) is 6.13. The molecule has 18 heavy (non-hydrogen) atoms. The van der Waals surface area contributed by atoms with Gasteiger partial charge in [0.15, 0.2) is 0 Å². The van der Waals surface area contributed by atoms with Gasteiger partial charge in [0.2, 0.25) is 0 Å². The Balaban J connectivity index is 2.16. The number of carbonyl (C=O) groups excluding carboxylic acids is 1. The Kier molecular flexibility index (Phi) is 3.43. The fourth-order valence-corrected chi connectivity index (χ4v) is 1.98. The number of nitrogens with two attached hydrogens (primary N) is 1. The molecule has 1 saturated heterocycles. The molecule has 0 radical (unpaired) electrons. The highest BCUT2D eigenvalue weighted by atomic mass is 16.5. The van der Waals surface area contributed by atoms with Crippen molar-refractivity contribution in [2.45, 2.75) is 25.4 Å². The van der Waals surface area contributed by atoms with Crippen LogP contribution in [0.4, 0.5) is 11.4 Å². The molecule has 1 fully saturated rings. The van der Waals surface area contributed by atoms with Crippen LogP contribution in [-0.2, 0) is 9.53 Å². The van der Waals surface area contributed by atoms with E-state index in [4.69, 9.17) is 15.2 Å². The Morgan fingerprint density at radius 2 is 2.33 bits per heavy atom. The first-order valence-electron chi connectivity index (χ1n) is 5.94. The van der Waals surface area contributed by atoms with Crippen molar-refractivity contribution in [2.75, 3.05) is 24.8 Å². The van der Waals surface area contributed by atoms with Gasteiger partial charge in [0.25, 0.3) is 5.91 Å². The summed E-state index contributed by atoms with van der Waals surface area (Å²) in [7, 11) is 1.57. The molecule has 0 saturated carbocycles. The van der Waals surface area contributed by atoms with Gasteiger partial charge in [0.1, 0.15) is 11.4 Å². The predicted molar refractivity (Wildman–Crippen MR) is 69.6 cm³/mol. The molecule has 5 nitrogen and oxygen atoms in total. The van der Waals surface area contributed by atoms with Crippen LogP contribution in [-0.4, -0.2) is 25.2 Å². The Morgan fingerprint density at radius 1 is 1.56 bits per heavy atom. The van der Waals surface area contributed by atoms with Crippen LogP contribution in [0, 0.1) is 0 Å². The smallest absolute Gasteiger partial charge is 0.256 e. The zero-order valence-electron chi connectivity index (χ0n) is 10.7. The van der Waals surface area contributed by atoms with Crippen LogP contribution in [0.15, 0.2) is 18.2 Å². The summed E-state index contributed by atoms with van der Waals surface area (Å²) < 4.78 is 10.6. The van der Waals surface area contributed by atoms with Crippen molar-refractivity contribution in [1.29, 1.82) is 0 Å². The van der Waals surface area contributed by atoms with E-state index in [2.05, 4.69) is 5.32 Å². The number of benzene rings is 1. The fraction of sp³-hybridized carbons (Fsp3) is 0.462. The minimum absolute atomic E-state index is 0.167. The molecule has 0 aromatic heterocycles. The van der Waals surface area contributed by atoms with E-state index in [-0.39, 0.29) is 5.91 Å². The molecule has 5 heteroatoms. The summed E-state index contributed by atoms with van der Waals surface area (Å²) in [6, 6.07) is 5.15. The lowest BCUT2D eigenvalue weighted by atomic mass is 10.0. The van der Waals surface area contributed by atoms with Crippen molar-refractivity contribution in [3.63, 3.8) is 0 Å². The number of nitrogens with one attached hydrogen (secondary N) is 1. The maximum Gasteiger partial charge on any atom is 0.256 e. The van der Waals surface area contributed by atoms with Gasteiger partial charge in [0.05, 0.1) is 18.5 Å². The highest BCUT2D eigenvalue weighted by molar-refractivity contribution is 5.99. The van der Waals surface area contributed by atoms with Crippen LogP contribution >= 0.6 is 0 Å². The maximum absolute atomic E-state index is 12.2. The van der Waals surface area contributed by atoms with E-state index in [1.54, 1.807) is 32.2 Å². The fourth-order valence-electron chi connectivity index (χ4n) is 1.98. The molecule has 1 amide bonds. The van der Waals surface area contributed by atoms with Crippen LogP contribution in [0.5, 0.6) is 5.75 Å². The first-order valence-corrected chi connectivity index (χ1v) is 5.94. The minimum Gasteiger partial charge on any atom is -0.497 e. The van der Waals surface area contributed by atoms with Gasteiger partial charge in [-0.15, -0.1) is 0 Å². The van der Waals surface area contributed by atoms with Gasteiger partial charge in [-0.3, -0.25) is 4.79 Å². The molecule has 1 aromatic rings. The molecular weight excluding hydrogens is 232 g/mol. The van der Waals surface area contributed by atoms with Gasteiger partial charge < -0.3 is 20.5 Å². The first-order chi connectivity index (χ1) is 8.55. The summed E-state index contributed by atoms with van der Waals surface area (Å²) in [6.07, 6.45) is 1.63. The zero-order chi connectivity index (χ0) is 13.2. The third kappa shape index (κ3) is 2.41. The summed E-state index contributed by atoms with van der Waals surface area (Å²) in [4.78, 5) is 12.2. The predicted octanol–water partition coefficient (Wildman–Crippen LogP) is 1.78. The quantitative estimate of drug-likeness (QED) is 0.802. The lowest BCUT2D eigenvalue weighted by molar-refractivity contribution is -0.133. The van der Waals surface area contributed by atoms with Crippen molar-refractivity contribution >= 4 is 17.3 Å². The topological polar surface area (TPSA) is 73.6 Å². The summed E-state index contributed by atoms with van der Waals surface area (Å²) in [5.74, 6) is 0.483. The summed E-state index contributed by atoms with van der Waals surface area (Å²) in [5, 5.41) is 2.80. The highest BCUT2D eigenvalue weighted by Crippen LogP contribution is 2.29. The van der Waals surface area contributed by atoms with Crippen molar-refractivity contribution in [1.82, 2.24) is 0 Å². The molecular formula is C13H18N2O3. The van der Waals surface area contributed by atoms with E-state index in [1.165, 1.54) is 0 Å². The number of methoxy groups -OCH3 is 1. The Labute approximate surface area is 106 Å². The van der Waals surface area contributed by atoms with Gasteiger partial charge in [-0.05, 0) is 31.9 Å². The van der Waals surface area contributed by atoms with Gasteiger partial charge in [-0.25, -0.2) is 0 Å². The van der Waals surface area contributed by atoms with Crippen LogP contribution in [0.2, 0.25) is 0 Å². The van der Waals surface area contributed by atoms with E-state index >= 15 is 0 Å². The summed E-state index contributed by atoms with van der Waals surface area (Å²) in [6.45, 7) is 2.42. The second-order valence-electron chi connectivity index (χ2n) is 4.59. The molecule has 2 rings (SSSR count). The number of carbonyl (C=O) groups is 1. The van der Waals surface area contributed by atoms with Gasteiger partial charge in [0, 0.05) is 12.7 Å². The van der Waals surface area contributed by atoms with Crippen LogP contribution in [0.3, 0.4) is 0 Å². The second-order valence-corrected chi connectivity index (χ2v) is 4.59. The molecule has 1 aromatic carbocycles. The van der Waals surface area contributed by atoms with Crippen molar-refractivity contribution in [3.05, 3.63) is 18.2 Å². The average Bonchev–Trinajstić information content (AvgIpc) is 2.80. The second kappa shape index (κ2) is 4.86. The minimum atomic E-state index is -0.754. The number of anilines is 2. The van der Waals surface area contributed by atoms with Crippen LogP contribution in [0.1, 0.15) is 19.8 Å². The van der Waals surface area contributed by atoms with E-state index in [0.29, 0.717) is 23.7 Å². The molecule has 1 unspecified atom stereocenters. The van der Waals surface area contributed by atoms with Crippen molar-refractivity contribution in [2.24, 2.45) is 0 Å². The van der Waals surface area contributed by atoms with Crippen LogP contribution in [0.25, 0.3) is 0 Å². The molecule has 98 valence electrons. The molecule has 0 aliphatic carbocycles. The number of nitrogen functional groups attached to an aromatic ring is 1. The van der Waals surface area contributed by atoms with Crippen LogP contribution < -0.4 is 15.8 Å². The Hall–Kier alpha value is -1.75. The molecule has 1 aliphatic rings. The number of amides is 1. The first kappa shape index (κ1) is 12.7. The van der Waals surface area contributed by atoms with E-state index < -0.39 is 5.60 Å². The molecule has 3 N–H and O–H groups in total. The summed E-state index contributed by atoms with van der Waals surface area (Å²) >= 11 is 0. The number of ether oxygens (including phenoxy) is 2. The maximum atomic E-state index is 12.2. The zero-order valence-corrected chi connectivity index (χ0v) is 10.7. The number of hydrogen-bond acceptors (Lipinski definition) is 4. The van der Waals surface area contributed by atoms with Crippen molar-refractivity contribution in [3.8, 4) is 5.75 Å². The Bertz CT molecular complexity index is 454. The van der Waals surface area contributed by atoms with Gasteiger partial charge >= 0.3 is 0 Å². The average molecular weight is 250 g/mol. The van der Waals surface area contributed by atoms with Gasteiger partial charge in [-0.1, -0.05) is 0 Å². The number of hydrogen-bond donors (Lipinski definition) is 2. The van der Waals surface area contributed by atoms with E-state index in [9.17, 15) is 4.79 Å². The highest BCUT2D eigenvalue weighted by Gasteiger charge is 2.37. The Morgan fingerprint density at radius 3 is 2.94 bits per heavy atom. The number of rotatable bonds is 3. The molecule has 1 aliphatic heterocycles. The molecule has 1 atom stereocenters. The normalized spacial score (nSPS) is 22.8. The third-order valence-electron chi connectivity index (χ3n) is 3.21. The van der Waals surface area contributed by atoms with E-state index in [1.807, 2.05) is 0 Å². The SMILES string of the molecule is COc1ccc(N)c(NC(=O)C2(C)CCCO2)c1. The van der Waals surface area contributed by atoms with Gasteiger partial charge in [-0.2, -0.15) is 0 Å². The molecule has 0 spiro atoms. The largest absolute Gasteiger partial charge is 0.497 e. The molecule has 0 bridgehead atoms. The lowest BCUT2D eigenvalue weighted by Gasteiger charge is -2.22. The monoisotopic (exact) mass is 250 g/mol. The molecule has 1 heterocycles. The van der Waals surface area contributed by atoms with E-state index in [0.717, 1.165) is 12.8 Å². The third-order valence-corrected chi connectivity index (χ3v) is 3.21. The lowest BCUT2D eigenvalue weighted by Crippen LogP contribution is -2.39.